The third-order valence-electron chi connectivity index (χ3n) is 4.30. The van der Waals surface area contributed by atoms with Crippen LogP contribution in [0.2, 0.25) is 0 Å². The second-order valence-electron chi connectivity index (χ2n) is 6.53. The molecule has 0 bridgehead atoms. The fourth-order valence-corrected chi connectivity index (χ4v) is 3.75. The molecular weight excluding hydrogens is 420 g/mol. The molecule has 0 aliphatic rings. The third kappa shape index (κ3) is 5.46. The average molecular weight is 440 g/mol. The highest BCUT2D eigenvalue weighted by Crippen LogP contribution is 2.36. The van der Waals surface area contributed by atoms with Crippen LogP contribution >= 0.6 is 11.3 Å². The number of non-ortho nitro benzene ring substituents is 1. The molecule has 9 heteroatoms. The zero-order valence-electron chi connectivity index (χ0n) is 16.9. The zero-order chi connectivity index (χ0) is 22.4. The predicted octanol–water partition coefficient (Wildman–Crippen LogP) is 4.83. The number of anilines is 1. The van der Waals surface area contributed by atoms with Crippen LogP contribution < -0.4 is 10.1 Å². The van der Waals surface area contributed by atoms with E-state index >= 15 is 0 Å². The molecular formula is C22H20N2O6S. The average Bonchev–Trinajstić information content (AvgIpc) is 3.16. The lowest BCUT2D eigenvalue weighted by atomic mass is 10.0. The van der Waals surface area contributed by atoms with Crippen molar-refractivity contribution in [3.63, 3.8) is 0 Å². The summed E-state index contributed by atoms with van der Waals surface area (Å²) in [5.74, 6) is -0.676. The number of thiophene rings is 1. The molecule has 0 saturated heterocycles. The van der Waals surface area contributed by atoms with E-state index in [0.29, 0.717) is 21.9 Å². The smallest absolute Gasteiger partial charge is 0.341 e. The number of nitro groups is 1. The number of nitrogens with one attached hydrogen (secondary N) is 1. The highest BCUT2D eigenvalue weighted by Gasteiger charge is 2.23. The van der Waals surface area contributed by atoms with Crippen molar-refractivity contribution in [3.05, 3.63) is 75.2 Å². The topological polar surface area (TPSA) is 108 Å². The second-order valence-corrected chi connectivity index (χ2v) is 7.41. The Morgan fingerprint density at radius 1 is 1.10 bits per heavy atom. The van der Waals surface area contributed by atoms with E-state index in [9.17, 15) is 19.7 Å². The van der Waals surface area contributed by atoms with E-state index < -0.39 is 16.8 Å². The first-order valence-electron chi connectivity index (χ1n) is 9.41. The summed E-state index contributed by atoms with van der Waals surface area (Å²) >= 11 is 1.22. The van der Waals surface area contributed by atoms with Gasteiger partial charge in [-0.3, -0.25) is 14.9 Å². The minimum atomic E-state index is -0.522. The van der Waals surface area contributed by atoms with Crippen molar-refractivity contribution in [2.75, 3.05) is 18.5 Å². The number of benzene rings is 2. The summed E-state index contributed by atoms with van der Waals surface area (Å²) in [4.78, 5) is 35.2. The van der Waals surface area contributed by atoms with Crippen LogP contribution in [0.25, 0.3) is 11.1 Å². The first-order chi connectivity index (χ1) is 14.9. The van der Waals surface area contributed by atoms with Gasteiger partial charge in [0.2, 0.25) is 0 Å². The zero-order valence-corrected chi connectivity index (χ0v) is 17.7. The van der Waals surface area contributed by atoms with Crippen molar-refractivity contribution >= 4 is 33.9 Å². The molecule has 3 rings (SSSR count). The predicted molar refractivity (Wildman–Crippen MR) is 118 cm³/mol. The highest BCUT2D eigenvalue weighted by atomic mass is 32.1. The molecule has 0 spiro atoms. The summed E-state index contributed by atoms with van der Waals surface area (Å²) in [6.07, 6.45) is 0. The lowest BCUT2D eigenvalue weighted by molar-refractivity contribution is -0.384. The van der Waals surface area contributed by atoms with Crippen LogP contribution in [0, 0.1) is 17.0 Å². The minimum absolute atomic E-state index is 0.0712. The fraction of sp³-hybridized carbons (Fsp3) is 0.182. The van der Waals surface area contributed by atoms with Gasteiger partial charge < -0.3 is 14.8 Å². The Balaban J connectivity index is 1.75. The second kappa shape index (κ2) is 9.86. The fourth-order valence-electron chi connectivity index (χ4n) is 2.78. The van der Waals surface area contributed by atoms with Crippen molar-refractivity contribution in [2.24, 2.45) is 0 Å². The Morgan fingerprint density at radius 3 is 2.39 bits per heavy atom. The van der Waals surface area contributed by atoms with Gasteiger partial charge in [-0.05, 0) is 31.5 Å². The van der Waals surface area contributed by atoms with E-state index in [1.165, 1.54) is 35.6 Å². The van der Waals surface area contributed by atoms with E-state index in [-0.39, 0.29) is 18.9 Å². The number of hydrogen-bond acceptors (Lipinski definition) is 7. The summed E-state index contributed by atoms with van der Waals surface area (Å²) in [5.41, 5.74) is 2.83. The lowest BCUT2D eigenvalue weighted by Gasteiger charge is -2.10. The maximum atomic E-state index is 12.6. The van der Waals surface area contributed by atoms with Crippen LogP contribution in [0.4, 0.5) is 10.7 Å². The molecule has 1 N–H and O–H groups in total. The SMILES string of the molecule is CCOC(=O)c1c(-c2ccc(C)cc2)csc1NC(=O)COc1ccc([N+](=O)[O-])cc1. The van der Waals surface area contributed by atoms with Gasteiger partial charge in [-0.15, -0.1) is 11.3 Å². The quantitative estimate of drug-likeness (QED) is 0.305. The van der Waals surface area contributed by atoms with Crippen LogP contribution in [-0.2, 0) is 9.53 Å². The van der Waals surface area contributed by atoms with Crippen molar-refractivity contribution in [2.45, 2.75) is 13.8 Å². The molecule has 160 valence electrons. The van der Waals surface area contributed by atoms with Gasteiger partial charge in [0.05, 0.1) is 11.5 Å². The summed E-state index contributed by atoms with van der Waals surface area (Å²) in [5, 5.41) is 15.6. The molecule has 31 heavy (non-hydrogen) atoms. The van der Waals surface area contributed by atoms with E-state index in [1.54, 1.807) is 12.3 Å². The van der Waals surface area contributed by atoms with Gasteiger partial charge >= 0.3 is 5.97 Å². The molecule has 0 aliphatic heterocycles. The van der Waals surface area contributed by atoms with Gasteiger partial charge in [0.15, 0.2) is 6.61 Å². The summed E-state index contributed by atoms with van der Waals surface area (Å²) in [7, 11) is 0. The van der Waals surface area contributed by atoms with Crippen LogP contribution in [-0.4, -0.2) is 30.0 Å². The number of esters is 1. The van der Waals surface area contributed by atoms with Gasteiger partial charge in [0.25, 0.3) is 11.6 Å². The third-order valence-corrected chi connectivity index (χ3v) is 5.20. The molecule has 3 aromatic rings. The van der Waals surface area contributed by atoms with Crippen LogP contribution in [0.15, 0.2) is 53.9 Å². The monoisotopic (exact) mass is 440 g/mol. The number of nitrogens with zero attached hydrogens (tertiary/aromatic N) is 1. The number of hydrogen-bond donors (Lipinski definition) is 1. The van der Waals surface area contributed by atoms with E-state index in [2.05, 4.69) is 5.32 Å². The van der Waals surface area contributed by atoms with Crippen molar-refractivity contribution in [3.8, 4) is 16.9 Å². The maximum absolute atomic E-state index is 12.6. The number of carbonyl (C=O) groups excluding carboxylic acids is 2. The molecule has 2 aromatic carbocycles. The molecule has 1 heterocycles. The Bertz CT molecular complexity index is 1090. The number of carbonyl (C=O) groups is 2. The number of nitro benzene ring substituents is 1. The lowest BCUT2D eigenvalue weighted by Crippen LogP contribution is -2.21. The Kier molecular flexibility index (Phi) is 6.99. The number of aryl methyl sites for hydroxylation is 1. The Labute approximate surface area is 182 Å². The normalized spacial score (nSPS) is 10.4. The van der Waals surface area contributed by atoms with Crippen molar-refractivity contribution < 1.29 is 24.0 Å². The molecule has 1 aromatic heterocycles. The van der Waals surface area contributed by atoms with Gasteiger partial charge in [0.1, 0.15) is 16.3 Å². The summed E-state index contributed by atoms with van der Waals surface area (Å²) in [6, 6.07) is 13.1. The van der Waals surface area contributed by atoms with Gasteiger partial charge in [-0.1, -0.05) is 29.8 Å². The van der Waals surface area contributed by atoms with Gasteiger partial charge in [-0.25, -0.2) is 4.79 Å². The molecule has 1 amide bonds. The van der Waals surface area contributed by atoms with Crippen LogP contribution in [0.3, 0.4) is 0 Å². The van der Waals surface area contributed by atoms with Crippen molar-refractivity contribution in [1.82, 2.24) is 0 Å². The first-order valence-corrected chi connectivity index (χ1v) is 10.3. The van der Waals surface area contributed by atoms with E-state index in [1.807, 2.05) is 31.2 Å². The largest absolute Gasteiger partial charge is 0.484 e. The molecule has 0 fully saturated rings. The molecule has 0 aliphatic carbocycles. The standard InChI is InChI=1S/C22H20N2O6S/c1-3-29-22(26)20-18(15-6-4-14(2)5-7-15)13-31-21(20)23-19(25)12-30-17-10-8-16(9-11-17)24(27)28/h4-11,13H,3,12H2,1-2H3,(H,23,25). The molecule has 0 atom stereocenters. The molecule has 0 saturated carbocycles. The van der Waals surface area contributed by atoms with E-state index in [4.69, 9.17) is 9.47 Å². The number of rotatable bonds is 8. The van der Waals surface area contributed by atoms with Crippen LogP contribution in [0.5, 0.6) is 5.75 Å². The summed E-state index contributed by atoms with van der Waals surface area (Å²) in [6.45, 7) is 3.57. The Morgan fingerprint density at radius 2 is 1.77 bits per heavy atom. The molecule has 8 nitrogen and oxygen atoms in total. The van der Waals surface area contributed by atoms with Gasteiger partial charge in [0, 0.05) is 23.1 Å². The highest BCUT2D eigenvalue weighted by molar-refractivity contribution is 7.15. The number of amides is 1. The van der Waals surface area contributed by atoms with Crippen molar-refractivity contribution in [1.29, 1.82) is 0 Å². The summed E-state index contributed by atoms with van der Waals surface area (Å²) < 4.78 is 10.6. The maximum Gasteiger partial charge on any atom is 0.341 e. The molecule has 0 unspecified atom stereocenters. The minimum Gasteiger partial charge on any atom is -0.484 e. The van der Waals surface area contributed by atoms with Crippen LogP contribution in [0.1, 0.15) is 22.8 Å². The Hall–Kier alpha value is -3.72. The first kappa shape index (κ1) is 22.0. The molecule has 0 radical (unpaired) electrons. The number of ether oxygens (including phenoxy) is 2. The van der Waals surface area contributed by atoms with E-state index in [0.717, 1.165) is 11.1 Å². The van der Waals surface area contributed by atoms with Gasteiger partial charge in [-0.2, -0.15) is 0 Å².